The molecule has 1 aromatic heterocycles. The standard InChI is InChI=1S/C14H16Cl2N2O/c1-9(2)18-8-17-7-13(18)14(19)6-10-11(15)4-3-5-12(10)16/h3-5,7-9,14,19H,6H2,1-2H3. The molecular weight excluding hydrogens is 283 g/mol. The minimum atomic E-state index is -0.678. The van der Waals surface area contributed by atoms with Crippen LogP contribution in [0.5, 0.6) is 0 Å². The van der Waals surface area contributed by atoms with Crippen LogP contribution in [0.2, 0.25) is 10.0 Å². The van der Waals surface area contributed by atoms with E-state index < -0.39 is 6.10 Å². The minimum absolute atomic E-state index is 0.244. The quantitative estimate of drug-likeness (QED) is 0.925. The van der Waals surface area contributed by atoms with Gasteiger partial charge >= 0.3 is 0 Å². The number of aliphatic hydroxyl groups excluding tert-OH is 1. The van der Waals surface area contributed by atoms with Crippen molar-refractivity contribution in [3.8, 4) is 0 Å². The van der Waals surface area contributed by atoms with Crippen molar-refractivity contribution in [3.05, 3.63) is 52.0 Å². The zero-order valence-electron chi connectivity index (χ0n) is 10.8. The van der Waals surface area contributed by atoms with Crippen LogP contribution in [0.1, 0.15) is 37.3 Å². The lowest BCUT2D eigenvalue weighted by Crippen LogP contribution is -2.11. The van der Waals surface area contributed by atoms with Gasteiger partial charge in [-0.15, -0.1) is 0 Å². The average molecular weight is 299 g/mol. The van der Waals surface area contributed by atoms with E-state index in [2.05, 4.69) is 4.98 Å². The van der Waals surface area contributed by atoms with Crippen LogP contribution in [0.25, 0.3) is 0 Å². The predicted octanol–water partition coefficient (Wildman–Crippen LogP) is 4.05. The van der Waals surface area contributed by atoms with E-state index in [4.69, 9.17) is 23.2 Å². The highest BCUT2D eigenvalue weighted by Crippen LogP contribution is 2.29. The summed E-state index contributed by atoms with van der Waals surface area (Å²) in [6, 6.07) is 5.58. The van der Waals surface area contributed by atoms with Crippen molar-refractivity contribution in [3.63, 3.8) is 0 Å². The fourth-order valence-electron chi connectivity index (χ4n) is 2.03. The molecule has 1 atom stereocenters. The number of nitrogens with zero attached hydrogens (tertiary/aromatic N) is 2. The Bertz CT molecular complexity index is 546. The molecule has 0 saturated carbocycles. The summed E-state index contributed by atoms with van der Waals surface area (Å²) in [6.45, 7) is 4.08. The summed E-state index contributed by atoms with van der Waals surface area (Å²) in [4.78, 5) is 4.09. The highest BCUT2D eigenvalue weighted by molar-refractivity contribution is 6.35. The Hall–Kier alpha value is -1.03. The molecular formula is C14H16Cl2N2O. The monoisotopic (exact) mass is 298 g/mol. The first-order valence-electron chi connectivity index (χ1n) is 6.13. The molecule has 1 heterocycles. The number of hydrogen-bond acceptors (Lipinski definition) is 2. The Balaban J connectivity index is 2.26. The molecule has 0 aliphatic rings. The number of imidazole rings is 1. The molecule has 2 rings (SSSR count). The molecule has 0 aliphatic carbocycles. The van der Waals surface area contributed by atoms with Crippen molar-refractivity contribution >= 4 is 23.2 Å². The van der Waals surface area contributed by atoms with Crippen LogP contribution >= 0.6 is 23.2 Å². The van der Waals surface area contributed by atoms with Crippen molar-refractivity contribution < 1.29 is 5.11 Å². The van der Waals surface area contributed by atoms with E-state index in [0.29, 0.717) is 16.5 Å². The zero-order chi connectivity index (χ0) is 14.0. The Kier molecular flexibility index (Phi) is 4.50. The topological polar surface area (TPSA) is 38.0 Å². The number of hydrogen-bond donors (Lipinski definition) is 1. The summed E-state index contributed by atoms with van der Waals surface area (Å²) >= 11 is 12.2. The molecule has 3 nitrogen and oxygen atoms in total. The molecule has 1 N–H and O–H groups in total. The third kappa shape index (κ3) is 3.11. The molecule has 0 spiro atoms. The molecule has 0 fully saturated rings. The van der Waals surface area contributed by atoms with Crippen LogP contribution in [-0.4, -0.2) is 14.7 Å². The Labute approximate surface area is 122 Å². The van der Waals surface area contributed by atoms with Gasteiger partial charge in [0.05, 0.1) is 24.3 Å². The summed E-state index contributed by atoms with van der Waals surface area (Å²) in [7, 11) is 0. The van der Waals surface area contributed by atoms with Crippen LogP contribution < -0.4 is 0 Å². The third-order valence-corrected chi connectivity index (χ3v) is 3.76. The van der Waals surface area contributed by atoms with E-state index in [1.54, 1.807) is 30.7 Å². The Morgan fingerprint density at radius 2 is 1.89 bits per heavy atom. The summed E-state index contributed by atoms with van der Waals surface area (Å²) in [5.74, 6) is 0. The maximum Gasteiger partial charge on any atom is 0.0997 e. The molecule has 5 heteroatoms. The van der Waals surface area contributed by atoms with Gasteiger partial charge in [0, 0.05) is 22.5 Å². The van der Waals surface area contributed by atoms with E-state index >= 15 is 0 Å². The fourth-order valence-corrected chi connectivity index (χ4v) is 2.58. The van der Waals surface area contributed by atoms with Crippen LogP contribution in [0.3, 0.4) is 0 Å². The average Bonchev–Trinajstić information content (AvgIpc) is 2.83. The molecule has 19 heavy (non-hydrogen) atoms. The lowest BCUT2D eigenvalue weighted by Gasteiger charge is -2.17. The predicted molar refractivity (Wildman–Crippen MR) is 77.7 cm³/mol. The first kappa shape index (κ1) is 14.4. The van der Waals surface area contributed by atoms with E-state index in [1.807, 2.05) is 18.4 Å². The van der Waals surface area contributed by atoms with Gasteiger partial charge in [0.2, 0.25) is 0 Å². The summed E-state index contributed by atoms with van der Waals surface area (Å²) in [6.07, 6.45) is 3.09. The summed E-state index contributed by atoms with van der Waals surface area (Å²) < 4.78 is 1.94. The number of rotatable bonds is 4. The highest BCUT2D eigenvalue weighted by atomic mass is 35.5. The molecule has 0 radical (unpaired) electrons. The maximum atomic E-state index is 10.4. The van der Waals surface area contributed by atoms with Gasteiger partial charge in [0.1, 0.15) is 0 Å². The molecule has 2 aromatic rings. The van der Waals surface area contributed by atoms with Crippen LogP contribution in [-0.2, 0) is 6.42 Å². The molecule has 0 aliphatic heterocycles. The second kappa shape index (κ2) is 5.95. The maximum absolute atomic E-state index is 10.4. The van der Waals surface area contributed by atoms with Gasteiger partial charge in [-0.1, -0.05) is 29.3 Å². The minimum Gasteiger partial charge on any atom is -0.386 e. The van der Waals surface area contributed by atoms with Crippen molar-refractivity contribution in [1.29, 1.82) is 0 Å². The van der Waals surface area contributed by atoms with Gasteiger partial charge in [-0.2, -0.15) is 0 Å². The van der Waals surface area contributed by atoms with Gasteiger partial charge in [-0.05, 0) is 31.5 Å². The highest BCUT2D eigenvalue weighted by Gasteiger charge is 2.18. The van der Waals surface area contributed by atoms with Crippen LogP contribution in [0.4, 0.5) is 0 Å². The number of halogens is 2. The van der Waals surface area contributed by atoms with Crippen molar-refractivity contribution in [2.45, 2.75) is 32.4 Å². The molecule has 0 bridgehead atoms. The number of benzene rings is 1. The normalized spacial score (nSPS) is 12.9. The molecule has 0 saturated heterocycles. The van der Waals surface area contributed by atoms with Crippen molar-refractivity contribution in [1.82, 2.24) is 9.55 Å². The van der Waals surface area contributed by atoms with Crippen LogP contribution in [0.15, 0.2) is 30.7 Å². The first-order valence-corrected chi connectivity index (χ1v) is 6.89. The van der Waals surface area contributed by atoms with Crippen molar-refractivity contribution in [2.75, 3.05) is 0 Å². The summed E-state index contributed by atoms with van der Waals surface area (Å²) in [5.41, 5.74) is 1.53. The first-order chi connectivity index (χ1) is 9.00. The molecule has 1 aromatic carbocycles. The lowest BCUT2D eigenvalue weighted by atomic mass is 10.1. The van der Waals surface area contributed by atoms with Gasteiger partial charge in [-0.25, -0.2) is 4.98 Å². The molecule has 1 unspecified atom stereocenters. The molecule has 102 valence electrons. The van der Waals surface area contributed by atoms with E-state index in [9.17, 15) is 5.11 Å². The fraction of sp³-hybridized carbons (Fsp3) is 0.357. The Morgan fingerprint density at radius 1 is 1.26 bits per heavy atom. The largest absolute Gasteiger partial charge is 0.386 e. The van der Waals surface area contributed by atoms with E-state index in [1.165, 1.54) is 0 Å². The lowest BCUT2D eigenvalue weighted by molar-refractivity contribution is 0.167. The van der Waals surface area contributed by atoms with E-state index in [-0.39, 0.29) is 6.04 Å². The van der Waals surface area contributed by atoms with E-state index in [0.717, 1.165) is 11.3 Å². The smallest absolute Gasteiger partial charge is 0.0997 e. The second-order valence-electron chi connectivity index (χ2n) is 4.74. The SMILES string of the molecule is CC(C)n1cncc1C(O)Cc1c(Cl)cccc1Cl. The molecule has 0 amide bonds. The number of aromatic nitrogens is 2. The van der Waals surface area contributed by atoms with Gasteiger partial charge < -0.3 is 9.67 Å². The third-order valence-electron chi connectivity index (χ3n) is 3.05. The van der Waals surface area contributed by atoms with Crippen LogP contribution in [0, 0.1) is 0 Å². The Morgan fingerprint density at radius 3 is 2.47 bits per heavy atom. The number of aliphatic hydroxyl groups is 1. The van der Waals surface area contributed by atoms with Gasteiger partial charge in [0.25, 0.3) is 0 Å². The van der Waals surface area contributed by atoms with Gasteiger partial charge in [-0.3, -0.25) is 0 Å². The summed E-state index contributed by atoms with van der Waals surface area (Å²) in [5, 5.41) is 11.5. The van der Waals surface area contributed by atoms with Gasteiger partial charge in [0.15, 0.2) is 0 Å². The van der Waals surface area contributed by atoms with Crippen molar-refractivity contribution in [2.24, 2.45) is 0 Å². The zero-order valence-corrected chi connectivity index (χ0v) is 12.4. The second-order valence-corrected chi connectivity index (χ2v) is 5.55.